The molecule has 0 saturated carbocycles. The molecule has 0 amide bonds. The van der Waals surface area contributed by atoms with Gasteiger partial charge in [0.1, 0.15) is 0 Å². The summed E-state index contributed by atoms with van der Waals surface area (Å²) in [6.45, 7) is 12.6. The van der Waals surface area contributed by atoms with Crippen LogP contribution in [0.5, 0.6) is 0 Å². The molecule has 0 aliphatic rings. The molecule has 1 nitrogen and oxygen atoms in total. The molecule has 1 N–H and O–H groups in total. The topological polar surface area (TPSA) is 15.8 Å². The number of H-pyrrole nitrogens is 1. The fourth-order valence-corrected chi connectivity index (χ4v) is 2.34. The van der Waals surface area contributed by atoms with Crippen LogP contribution in [0.4, 0.5) is 0 Å². The molecule has 114 valence electrons. The highest BCUT2D eigenvalue weighted by molar-refractivity contribution is 5.77. The van der Waals surface area contributed by atoms with Gasteiger partial charge in [-0.1, -0.05) is 69.9 Å². The van der Waals surface area contributed by atoms with Crippen LogP contribution in [0.1, 0.15) is 38.8 Å². The molecule has 0 aliphatic carbocycles. The lowest BCUT2D eigenvalue weighted by Gasteiger charge is -2.15. The first kappa shape index (κ1) is 16.1. The zero-order valence-electron chi connectivity index (χ0n) is 14.0. The van der Waals surface area contributed by atoms with Gasteiger partial charge in [-0.05, 0) is 46.7 Å². The molecular formula is C21H25N. The van der Waals surface area contributed by atoms with Gasteiger partial charge in [0.15, 0.2) is 0 Å². The van der Waals surface area contributed by atoms with E-state index >= 15 is 0 Å². The van der Waals surface area contributed by atoms with Crippen LogP contribution in [-0.2, 0) is 5.41 Å². The lowest BCUT2D eigenvalue weighted by molar-refractivity contribution is 0.591. The van der Waals surface area contributed by atoms with E-state index in [2.05, 4.69) is 74.9 Å². The van der Waals surface area contributed by atoms with Crippen LogP contribution in [-0.4, -0.2) is 4.98 Å². The predicted molar refractivity (Wildman–Crippen MR) is 97.9 cm³/mol. The van der Waals surface area contributed by atoms with Crippen LogP contribution in [0.25, 0.3) is 16.8 Å². The van der Waals surface area contributed by atoms with Crippen molar-refractivity contribution < 1.29 is 0 Å². The van der Waals surface area contributed by atoms with Crippen LogP contribution < -0.4 is 0 Å². The fourth-order valence-electron chi connectivity index (χ4n) is 2.34. The molecule has 2 aromatic rings. The van der Waals surface area contributed by atoms with E-state index in [1.165, 1.54) is 16.7 Å². The summed E-state index contributed by atoms with van der Waals surface area (Å²) in [5.74, 6) is 0. The van der Waals surface area contributed by atoms with E-state index < -0.39 is 0 Å². The minimum absolute atomic E-state index is 0.157. The maximum absolute atomic E-state index is 3.92. The van der Waals surface area contributed by atoms with Crippen LogP contribution in [0, 0.1) is 0 Å². The van der Waals surface area contributed by atoms with Gasteiger partial charge in [0, 0.05) is 11.9 Å². The largest absolute Gasteiger partial charge is 0.361 e. The number of aromatic nitrogens is 1. The number of hydrogen-bond donors (Lipinski definition) is 1. The van der Waals surface area contributed by atoms with Gasteiger partial charge in [-0.3, -0.25) is 0 Å². The van der Waals surface area contributed by atoms with E-state index in [1.807, 2.05) is 25.2 Å². The maximum atomic E-state index is 3.92. The van der Waals surface area contributed by atoms with Crippen molar-refractivity contribution >= 4 is 5.57 Å². The van der Waals surface area contributed by atoms with E-state index in [4.69, 9.17) is 0 Å². The summed E-state index contributed by atoms with van der Waals surface area (Å²) in [5, 5.41) is 0. The van der Waals surface area contributed by atoms with Crippen molar-refractivity contribution in [1.82, 2.24) is 4.98 Å². The van der Waals surface area contributed by atoms with Crippen LogP contribution >= 0.6 is 0 Å². The van der Waals surface area contributed by atoms with Crippen LogP contribution in [0.15, 0.2) is 67.4 Å². The maximum Gasteiger partial charge on any atom is 0.0457 e. The Labute approximate surface area is 134 Å². The Morgan fingerprint density at radius 3 is 2.55 bits per heavy atom. The molecule has 0 fully saturated rings. The van der Waals surface area contributed by atoms with Crippen molar-refractivity contribution in [3.8, 4) is 11.3 Å². The summed E-state index contributed by atoms with van der Waals surface area (Å²) in [6.07, 6.45) is 10.1. The van der Waals surface area contributed by atoms with Crippen molar-refractivity contribution in [2.45, 2.75) is 33.1 Å². The van der Waals surface area contributed by atoms with Gasteiger partial charge in [0.25, 0.3) is 0 Å². The number of benzene rings is 1. The standard InChI is InChI=1S/C21H25N/c1-6-8-10-16(7-2)17-11-9-12-18(13-17)20-14-19(15-22-20)21(3,4)5/h6-15,22H,2H2,1,3-5H3/b8-6-,16-10+. The molecule has 1 heterocycles. The highest BCUT2D eigenvalue weighted by Gasteiger charge is 2.15. The van der Waals surface area contributed by atoms with Gasteiger partial charge in [-0.15, -0.1) is 0 Å². The third-order valence-corrected chi connectivity index (χ3v) is 3.74. The Morgan fingerprint density at radius 2 is 1.95 bits per heavy atom. The lowest BCUT2D eigenvalue weighted by atomic mass is 9.89. The molecule has 0 unspecified atom stereocenters. The van der Waals surface area contributed by atoms with Crippen LogP contribution in [0.3, 0.4) is 0 Å². The number of aromatic amines is 1. The average molecular weight is 291 g/mol. The first-order valence-corrected chi connectivity index (χ1v) is 7.71. The van der Waals surface area contributed by atoms with E-state index in [9.17, 15) is 0 Å². The van der Waals surface area contributed by atoms with E-state index in [0.29, 0.717) is 0 Å². The van der Waals surface area contributed by atoms with Crippen molar-refractivity contribution in [3.63, 3.8) is 0 Å². The molecule has 0 spiro atoms. The highest BCUT2D eigenvalue weighted by atomic mass is 14.7. The second-order valence-electron chi connectivity index (χ2n) is 6.48. The summed E-state index contributed by atoms with van der Waals surface area (Å²) in [4.78, 5) is 3.40. The fraction of sp³-hybridized carbons (Fsp3) is 0.238. The van der Waals surface area contributed by atoms with E-state index in [1.54, 1.807) is 0 Å². The quantitative estimate of drug-likeness (QED) is 0.653. The number of rotatable bonds is 4. The SMILES string of the molecule is C=C/C(=C\C=C/C)c1cccc(-c2cc(C(C)(C)C)c[nH]2)c1. The normalized spacial score (nSPS) is 12.8. The summed E-state index contributed by atoms with van der Waals surface area (Å²) in [5.41, 5.74) is 6.13. The predicted octanol–water partition coefficient (Wildman–Crippen LogP) is 6.12. The van der Waals surface area contributed by atoms with E-state index in [0.717, 1.165) is 11.3 Å². The molecular weight excluding hydrogens is 266 g/mol. The molecule has 0 atom stereocenters. The minimum Gasteiger partial charge on any atom is -0.361 e. The molecule has 1 heteroatoms. The monoisotopic (exact) mass is 291 g/mol. The number of allylic oxidation sites excluding steroid dienone is 5. The smallest absolute Gasteiger partial charge is 0.0457 e. The molecule has 0 radical (unpaired) electrons. The Morgan fingerprint density at radius 1 is 1.18 bits per heavy atom. The first-order valence-electron chi connectivity index (χ1n) is 7.71. The Bertz CT molecular complexity index is 706. The molecule has 22 heavy (non-hydrogen) atoms. The Balaban J connectivity index is 2.40. The van der Waals surface area contributed by atoms with Crippen molar-refractivity contribution in [2.75, 3.05) is 0 Å². The van der Waals surface area contributed by atoms with E-state index in [-0.39, 0.29) is 5.41 Å². The summed E-state index contributed by atoms with van der Waals surface area (Å²) < 4.78 is 0. The first-order chi connectivity index (χ1) is 10.5. The summed E-state index contributed by atoms with van der Waals surface area (Å²) in [6, 6.07) is 10.8. The zero-order chi connectivity index (χ0) is 16.2. The zero-order valence-corrected chi connectivity index (χ0v) is 14.0. The minimum atomic E-state index is 0.157. The second kappa shape index (κ2) is 6.65. The molecule has 1 aromatic heterocycles. The van der Waals surface area contributed by atoms with Gasteiger partial charge < -0.3 is 4.98 Å². The van der Waals surface area contributed by atoms with Gasteiger partial charge >= 0.3 is 0 Å². The highest BCUT2D eigenvalue weighted by Crippen LogP contribution is 2.29. The molecule has 0 aliphatic heterocycles. The Kier molecular flexibility index (Phi) is 4.87. The van der Waals surface area contributed by atoms with Crippen molar-refractivity contribution in [2.24, 2.45) is 0 Å². The second-order valence-corrected chi connectivity index (χ2v) is 6.48. The third kappa shape index (κ3) is 3.67. The molecule has 2 rings (SSSR count). The third-order valence-electron chi connectivity index (χ3n) is 3.74. The van der Waals surface area contributed by atoms with Crippen molar-refractivity contribution in [1.29, 1.82) is 0 Å². The molecule has 0 saturated heterocycles. The average Bonchev–Trinajstić information content (AvgIpc) is 2.98. The number of hydrogen-bond acceptors (Lipinski definition) is 0. The molecule has 0 bridgehead atoms. The summed E-state index contributed by atoms with van der Waals surface area (Å²) in [7, 11) is 0. The van der Waals surface area contributed by atoms with Gasteiger partial charge in [0.2, 0.25) is 0 Å². The van der Waals surface area contributed by atoms with Gasteiger partial charge in [-0.2, -0.15) is 0 Å². The van der Waals surface area contributed by atoms with Gasteiger partial charge in [-0.25, -0.2) is 0 Å². The Hall–Kier alpha value is -2.28. The summed E-state index contributed by atoms with van der Waals surface area (Å²) >= 11 is 0. The van der Waals surface area contributed by atoms with Gasteiger partial charge in [0.05, 0.1) is 0 Å². The lowest BCUT2D eigenvalue weighted by Crippen LogP contribution is -2.09. The van der Waals surface area contributed by atoms with Crippen molar-refractivity contribution in [3.05, 3.63) is 78.5 Å². The molecule has 1 aromatic carbocycles. The van der Waals surface area contributed by atoms with Crippen LogP contribution in [0.2, 0.25) is 0 Å². The number of nitrogens with one attached hydrogen (secondary N) is 1.